The maximum absolute atomic E-state index is 12.5. The summed E-state index contributed by atoms with van der Waals surface area (Å²) in [5.74, 6) is 0.304. The third-order valence-electron chi connectivity index (χ3n) is 3.52. The van der Waals surface area contributed by atoms with Crippen LogP contribution in [0.3, 0.4) is 0 Å². The van der Waals surface area contributed by atoms with Gasteiger partial charge >= 0.3 is 0 Å². The number of anilines is 1. The normalized spacial score (nSPS) is 11.2. The van der Waals surface area contributed by atoms with Gasteiger partial charge in [0, 0.05) is 24.2 Å². The van der Waals surface area contributed by atoms with E-state index in [4.69, 9.17) is 11.6 Å². The molecule has 0 radical (unpaired) electrons. The smallest absolute Gasteiger partial charge is 0.259 e. The Kier molecular flexibility index (Phi) is 5.15. The highest BCUT2D eigenvalue weighted by Crippen LogP contribution is 2.22. The van der Waals surface area contributed by atoms with Crippen molar-refractivity contribution in [2.24, 2.45) is 0 Å². The minimum atomic E-state index is -3.42. The molecule has 1 aromatic carbocycles. The van der Waals surface area contributed by atoms with Gasteiger partial charge in [0.1, 0.15) is 5.82 Å². The van der Waals surface area contributed by atoms with Crippen molar-refractivity contribution < 1.29 is 13.2 Å². The highest BCUT2D eigenvalue weighted by atomic mass is 35.5. The van der Waals surface area contributed by atoms with E-state index < -0.39 is 15.7 Å². The number of rotatable bonds is 4. The Hall–Kier alpha value is -2.91. The number of aromatic nitrogens is 4. The lowest BCUT2D eigenvalue weighted by molar-refractivity contribution is 0.102. The van der Waals surface area contributed by atoms with E-state index in [1.807, 2.05) is 0 Å². The van der Waals surface area contributed by atoms with Gasteiger partial charge in [-0.25, -0.2) is 13.4 Å². The molecule has 3 aromatic rings. The first-order valence-corrected chi connectivity index (χ1v) is 9.95. The van der Waals surface area contributed by atoms with Gasteiger partial charge in [-0.05, 0) is 37.3 Å². The van der Waals surface area contributed by atoms with Crippen molar-refractivity contribution >= 4 is 33.3 Å². The van der Waals surface area contributed by atoms with Crippen LogP contribution in [0.2, 0.25) is 5.02 Å². The molecule has 2 heterocycles. The van der Waals surface area contributed by atoms with Crippen LogP contribution >= 0.6 is 11.6 Å². The van der Waals surface area contributed by atoms with Crippen LogP contribution in [-0.4, -0.2) is 40.5 Å². The van der Waals surface area contributed by atoms with E-state index in [1.165, 1.54) is 18.2 Å². The quantitative estimate of drug-likeness (QED) is 0.711. The zero-order valence-electron chi connectivity index (χ0n) is 14.3. The fraction of sp³-hybridized carbons (Fsp3) is 0.118. The van der Waals surface area contributed by atoms with E-state index in [9.17, 15) is 13.2 Å². The molecule has 3 rings (SSSR count). The number of hydrogen-bond donors (Lipinski definition) is 1. The molecule has 2 aromatic heterocycles. The fourth-order valence-electron chi connectivity index (χ4n) is 2.25. The summed E-state index contributed by atoms with van der Waals surface area (Å²) >= 11 is 6.07. The van der Waals surface area contributed by atoms with Gasteiger partial charge in [-0.3, -0.25) is 15.1 Å². The van der Waals surface area contributed by atoms with E-state index in [0.717, 1.165) is 11.8 Å². The third kappa shape index (κ3) is 4.44. The summed E-state index contributed by atoms with van der Waals surface area (Å²) in [4.78, 5) is 29.1. The molecule has 138 valence electrons. The van der Waals surface area contributed by atoms with Gasteiger partial charge in [-0.15, -0.1) is 0 Å². The van der Waals surface area contributed by atoms with Gasteiger partial charge in [-0.1, -0.05) is 11.6 Å². The summed E-state index contributed by atoms with van der Waals surface area (Å²) in [6, 6.07) is 7.36. The zero-order valence-corrected chi connectivity index (χ0v) is 15.9. The van der Waals surface area contributed by atoms with Crippen LogP contribution in [-0.2, 0) is 9.84 Å². The van der Waals surface area contributed by atoms with Crippen molar-refractivity contribution in [3.05, 3.63) is 59.1 Å². The van der Waals surface area contributed by atoms with E-state index >= 15 is 0 Å². The first kappa shape index (κ1) is 18.9. The van der Waals surface area contributed by atoms with Crippen molar-refractivity contribution in [2.75, 3.05) is 11.6 Å². The van der Waals surface area contributed by atoms with Crippen LogP contribution in [0.15, 0.2) is 47.6 Å². The molecule has 8 nitrogen and oxygen atoms in total. The largest absolute Gasteiger partial charge is 0.290 e. The van der Waals surface area contributed by atoms with Gasteiger partial charge in [0.15, 0.2) is 15.7 Å². The Labute approximate surface area is 160 Å². The number of carbonyl (C=O) groups is 1. The lowest BCUT2D eigenvalue weighted by atomic mass is 10.2. The second kappa shape index (κ2) is 7.37. The van der Waals surface area contributed by atoms with Gasteiger partial charge in [0.25, 0.3) is 5.91 Å². The summed E-state index contributed by atoms with van der Waals surface area (Å²) < 4.78 is 23.2. The van der Waals surface area contributed by atoms with Gasteiger partial charge < -0.3 is 0 Å². The van der Waals surface area contributed by atoms with Crippen LogP contribution in [0, 0.1) is 6.92 Å². The maximum atomic E-state index is 12.5. The lowest BCUT2D eigenvalue weighted by Gasteiger charge is -2.08. The van der Waals surface area contributed by atoms with Crippen molar-refractivity contribution in [3.63, 3.8) is 0 Å². The molecule has 0 aliphatic carbocycles. The number of halogens is 1. The Morgan fingerprint density at radius 2 is 1.78 bits per heavy atom. The van der Waals surface area contributed by atoms with Crippen molar-refractivity contribution in [1.82, 2.24) is 19.9 Å². The molecule has 0 atom stereocenters. The summed E-state index contributed by atoms with van der Waals surface area (Å²) in [5, 5.41) is 2.57. The van der Waals surface area contributed by atoms with Gasteiger partial charge in [0.05, 0.1) is 15.5 Å². The molecule has 0 fully saturated rings. The summed E-state index contributed by atoms with van der Waals surface area (Å²) in [7, 11) is -3.42. The minimum Gasteiger partial charge on any atom is -0.290 e. The van der Waals surface area contributed by atoms with Gasteiger partial charge in [0.2, 0.25) is 5.95 Å². The second-order valence-electron chi connectivity index (χ2n) is 5.63. The molecule has 0 saturated carbocycles. The van der Waals surface area contributed by atoms with E-state index in [2.05, 4.69) is 25.3 Å². The molecule has 0 aliphatic heterocycles. The Bertz CT molecular complexity index is 1120. The summed E-state index contributed by atoms with van der Waals surface area (Å²) in [6.07, 6.45) is 4.28. The predicted octanol–water partition coefficient (Wildman–Crippen LogP) is 2.55. The molecule has 1 amide bonds. The highest BCUT2D eigenvalue weighted by Gasteiger charge is 2.16. The number of hydrogen-bond acceptors (Lipinski definition) is 7. The SMILES string of the molecule is Cc1nc(NC(=O)c2ccc(S(C)(=O)=O)cc2Cl)nc(-c2ccncc2)n1. The standard InChI is InChI=1S/C17H14ClN5O3S/c1-10-20-15(11-5-7-19-8-6-11)22-17(21-10)23-16(24)13-4-3-12(9-14(13)18)27(2,25)26/h3-9H,1-2H3,(H,20,21,22,23,24). The van der Waals surface area contributed by atoms with Crippen molar-refractivity contribution in [1.29, 1.82) is 0 Å². The van der Waals surface area contributed by atoms with E-state index in [1.54, 1.807) is 31.5 Å². The minimum absolute atomic E-state index is 0.00978. The van der Waals surface area contributed by atoms with Crippen LogP contribution in [0.5, 0.6) is 0 Å². The lowest BCUT2D eigenvalue weighted by Crippen LogP contribution is -2.16. The monoisotopic (exact) mass is 403 g/mol. The molecule has 0 aliphatic rings. The topological polar surface area (TPSA) is 115 Å². The molecular weight excluding hydrogens is 390 g/mol. The number of carbonyl (C=O) groups excluding carboxylic acids is 1. The Balaban J connectivity index is 1.90. The third-order valence-corrected chi connectivity index (χ3v) is 4.95. The average molecular weight is 404 g/mol. The van der Waals surface area contributed by atoms with Crippen molar-refractivity contribution in [2.45, 2.75) is 11.8 Å². The highest BCUT2D eigenvalue weighted by molar-refractivity contribution is 7.90. The number of nitrogens with zero attached hydrogens (tertiary/aromatic N) is 4. The number of sulfone groups is 1. The van der Waals surface area contributed by atoms with E-state index in [0.29, 0.717) is 11.6 Å². The van der Waals surface area contributed by atoms with Crippen LogP contribution in [0.4, 0.5) is 5.95 Å². The van der Waals surface area contributed by atoms with E-state index in [-0.39, 0.29) is 21.4 Å². The molecule has 1 N–H and O–H groups in total. The molecule has 0 unspecified atom stereocenters. The molecule has 0 spiro atoms. The van der Waals surface area contributed by atoms with Gasteiger partial charge in [-0.2, -0.15) is 9.97 Å². The number of benzene rings is 1. The van der Waals surface area contributed by atoms with Crippen LogP contribution in [0.1, 0.15) is 16.2 Å². The van der Waals surface area contributed by atoms with Crippen LogP contribution in [0.25, 0.3) is 11.4 Å². The van der Waals surface area contributed by atoms with Crippen molar-refractivity contribution in [3.8, 4) is 11.4 Å². The first-order valence-electron chi connectivity index (χ1n) is 7.68. The molecular formula is C17H14ClN5O3S. The first-order chi connectivity index (χ1) is 12.7. The average Bonchev–Trinajstić information content (AvgIpc) is 2.61. The number of nitrogens with one attached hydrogen (secondary N) is 1. The zero-order chi connectivity index (χ0) is 19.6. The Morgan fingerprint density at radius 3 is 2.41 bits per heavy atom. The number of aryl methyl sites for hydroxylation is 1. The molecule has 10 heteroatoms. The summed E-state index contributed by atoms with van der Waals surface area (Å²) in [5.41, 5.74) is 0.828. The number of pyridine rings is 1. The second-order valence-corrected chi connectivity index (χ2v) is 8.06. The molecule has 0 saturated heterocycles. The summed E-state index contributed by atoms with van der Waals surface area (Å²) in [6.45, 7) is 1.68. The van der Waals surface area contributed by atoms with Crippen LogP contribution < -0.4 is 5.32 Å². The molecule has 27 heavy (non-hydrogen) atoms. The maximum Gasteiger partial charge on any atom is 0.259 e. The predicted molar refractivity (Wildman–Crippen MR) is 100 cm³/mol. The fourth-order valence-corrected chi connectivity index (χ4v) is 3.23. The molecule has 0 bridgehead atoms. The number of amides is 1. The Morgan fingerprint density at radius 1 is 1.07 bits per heavy atom.